The predicted octanol–water partition coefficient (Wildman–Crippen LogP) is 3.84. The quantitative estimate of drug-likeness (QED) is 0.242. The first-order valence-corrected chi connectivity index (χ1v) is 10.9. The van der Waals surface area contributed by atoms with E-state index in [0.29, 0.717) is 22.4 Å². The van der Waals surface area contributed by atoms with Crippen molar-refractivity contribution in [3.63, 3.8) is 0 Å². The summed E-state index contributed by atoms with van der Waals surface area (Å²) in [6, 6.07) is 22.9. The molecule has 174 valence electrons. The molecule has 3 aromatic carbocycles. The van der Waals surface area contributed by atoms with Crippen molar-refractivity contribution in [2.45, 2.75) is 17.9 Å². The highest BCUT2D eigenvalue weighted by molar-refractivity contribution is 6.08. The number of fused-ring (bicyclic) bond motifs is 1. The number of nitro groups is 1. The van der Waals surface area contributed by atoms with Gasteiger partial charge in [0, 0.05) is 53.5 Å². The number of anilines is 1. The van der Waals surface area contributed by atoms with Crippen molar-refractivity contribution in [2.24, 2.45) is 0 Å². The number of nitrogens with zero attached hydrogens (tertiary/aromatic N) is 2. The van der Waals surface area contributed by atoms with Crippen molar-refractivity contribution in [2.75, 3.05) is 5.32 Å². The van der Waals surface area contributed by atoms with Crippen molar-refractivity contribution in [3.8, 4) is 0 Å². The van der Waals surface area contributed by atoms with E-state index >= 15 is 0 Å². The Labute approximate surface area is 199 Å². The molecule has 5 rings (SSSR count). The van der Waals surface area contributed by atoms with E-state index in [1.54, 1.807) is 66.7 Å². The number of rotatable bonds is 7. The highest BCUT2D eigenvalue weighted by Gasteiger charge is 2.55. The number of para-hydroxylation sites is 1. The number of amides is 1. The van der Waals surface area contributed by atoms with Crippen LogP contribution in [-0.2, 0) is 10.3 Å². The van der Waals surface area contributed by atoms with Gasteiger partial charge in [-0.05, 0) is 11.6 Å². The molecular formula is C26H20N4O5. The van der Waals surface area contributed by atoms with Crippen LogP contribution in [0.3, 0.4) is 0 Å². The Kier molecular flexibility index (Phi) is 5.37. The molecule has 0 saturated carbocycles. The number of aromatic nitrogens is 2. The van der Waals surface area contributed by atoms with Gasteiger partial charge in [-0.25, -0.2) is 0 Å². The first kappa shape index (κ1) is 22.0. The third kappa shape index (κ3) is 3.63. The van der Waals surface area contributed by atoms with Crippen LogP contribution in [0.4, 0.5) is 11.4 Å². The number of hydrogen-bond acceptors (Lipinski definition) is 5. The van der Waals surface area contributed by atoms with E-state index in [1.807, 2.05) is 0 Å². The molecule has 0 saturated heterocycles. The molecule has 0 bridgehead atoms. The second-order valence-electron chi connectivity index (χ2n) is 8.32. The van der Waals surface area contributed by atoms with Gasteiger partial charge in [-0.3, -0.25) is 34.3 Å². The number of hydrogen-bond donors (Lipinski definition) is 2. The molecule has 1 aliphatic rings. The van der Waals surface area contributed by atoms with E-state index in [2.05, 4.69) is 10.4 Å². The lowest BCUT2D eigenvalue weighted by atomic mass is 9.72. The van der Waals surface area contributed by atoms with Crippen molar-refractivity contribution in [1.82, 2.24) is 9.78 Å². The van der Waals surface area contributed by atoms with Crippen LogP contribution in [0.1, 0.15) is 33.8 Å². The minimum Gasteiger partial charge on any atom is -0.323 e. The lowest BCUT2D eigenvalue weighted by Crippen LogP contribution is -2.48. The Morgan fingerprint density at radius 3 is 2.29 bits per heavy atom. The molecule has 2 N–H and O–H groups in total. The third-order valence-electron chi connectivity index (χ3n) is 6.41. The normalized spacial score (nSPS) is 17.4. The number of nitrogens with one attached hydrogen (secondary N) is 2. The zero-order valence-electron chi connectivity index (χ0n) is 18.4. The van der Waals surface area contributed by atoms with Crippen LogP contribution in [0, 0.1) is 10.1 Å². The molecule has 0 aliphatic carbocycles. The Hall–Kier alpha value is -4.79. The van der Waals surface area contributed by atoms with Gasteiger partial charge in [-0.2, -0.15) is 0 Å². The summed E-state index contributed by atoms with van der Waals surface area (Å²) in [7, 11) is 0. The van der Waals surface area contributed by atoms with Gasteiger partial charge in [0.2, 0.25) is 0 Å². The van der Waals surface area contributed by atoms with E-state index in [1.165, 1.54) is 29.1 Å². The van der Waals surface area contributed by atoms with E-state index in [9.17, 15) is 24.5 Å². The molecule has 1 amide bonds. The second kappa shape index (κ2) is 8.53. The standard InChI is InChI=1S/C26H20N4O5/c31-23(18-6-2-1-3-7-18)16-21(17-10-12-19(13-11-17)30(34)35)26(29-15-14-24(32)28-29)20-8-4-5-9-22(20)27-25(26)33/h1-15,21H,16H2,(H,27,33)(H,28,32)/t21?,26-/m1/s1. The first-order chi connectivity index (χ1) is 16.9. The van der Waals surface area contributed by atoms with Crippen molar-refractivity contribution >= 4 is 23.1 Å². The van der Waals surface area contributed by atoms with E-state index in [0.717, 1.165) is 0 Å². The average molecular weight is 468 g/mol. The van der Waals surface area contributed by atoms with Crippen LogP contribution in [0.15, 0.2) is 95.9 Å². The van der Waals surface area contributed by atoms with Gasteiger partial charge in [0.1, 0.15) is 0 Å². The molecule has 0 radical (unpaired) electrons. The van der Waals surface area contributed by atoms with Crippen LogP contribution in [-0.4, -0.2) is 26.4 Å². The highest BCUT2D eigenvalue weighted by Crippen LogP contribution is 2.49. The van der Waals surface area contributed by atoms with Gasteiger partial charge in [-0.1, -0.05) is 60.7 Å². The molecule has 4 aromatic rings. The fourth-order valence-corrected chi connectivity index (χ4v) is 4.82. The Balaban J connectivity index is 1.75. The smallest absolute Gasteiger partial charge is 0.269 e. The number of carbonyl (C=O) groups is 2. The minimum absolute atomic E-state index is 0.0935. The van der Waals surface area contributed by atoms with Gasteiger partial charge >= 0.3 is 0 Å². The summed E-state index contributed by atoms with van der Waals surface area (Å²) in [4.78, 5) is 50.2. The van der Waals surface area contributed by atoms with Crippen LogP contribution in [0.25, 0.3) is 0 Å². The van der Waals surface area contributed by atoms with E-state index in [4.69, 9.17) is 0 Å². The molecule has 2 atom stereocenters. The monoisotopic (exact) mass is 468 g/mol. The Morgan fingerprint density at radius 2 is 1.63 bits per heavy atom. The summed E-state index contributed by atoms with van der Waals surface area (Å²) in [5.41, 5.74) is 0.135. The van der Waals surface area contributed by atoms with Crippen molar-refractivity contribution < 1.29 is 14.5 Å². The summed E-state index contributed by atoms with van der Waals surface area (Å²) >= 11 is 0. The molecule has 1 unspecified atom stereocenters. The van der Waals surface area contributed by atoms with E-state index < -0.39 is 27.8 Å². The number of nitro benzene ring substituents is 1. The maximum absolute atomic E-state index is 13.8. The molecule has 0 spiro atoms. The van der Waals surface area contributed by atoms with Crippen LogP contribution in [0.2, 0.25) is 0 Å². The number of non-ortho nitro benzene ring substituents is 1. The fourth-order valence-electron chi connectivity index (χ4n) is 4.82. The Morgan fingerprint density at radius 1 is 0.943 bits per heavy atom. The van der Waals surface area contributed by atoms with Crippen molar-refractivity contribution in [3.05, 3.63) is 128 Å². The number of H-pyrrole nitrogens is 1. The maximum atomic E-state index is 13.8. The Bertz CT molecular complexity index is 1490. The van der Waals surface area contributed by atoms with Crippen LogP contribution >= 0.6 is 0 Å². The van der Waals surface area contributed by atoms with Gasteiger partial charge in [-0.15, -0.1) is 0 Å². The minimum atomic E-state index is -1.51. The lowest BCUT2D eigenvalue weighted by Gasteiger charge is -2.37. The van der Waals surface area contributed by atoms with Crippen LogP contribution in [0.5, 0.6) is 0 Å². The maximum Gasteiger partial charge on any atom is 0.269 e. The van der Waals surface area contributed by atoms with E-state index in [-0.39, 0.29) is 17.9 Å². The fraction of sp³-hybridized carbons (Fsp3) is 0.115. The number of carbonyl (C=O) groups excluding carboxylic acids is 2. The summed E-state index contributed by atoms with van der Waals surface area (Å²) < 4.78 is 1.43. The van der Waals surface area contributed by atoms with Crippen LogP contribution < -0.4 is 10.9 Å². The number of ketones is 1. The lowest BCUT2D eigenvalue weighted by molar-refractivity contribution is -0.384. The highest BCUT2D eigenvalue weighted by atomic mass is 16.6. The first-order valence-electron chi connectivity index (χ1n) is 10.9. The number of Topliss-reactive ketones (excluding diaryl/α,β-unsaturated/α-hetero) is 1. The SMILES string of the molecule is O=C(CC(c1ccc([N+](=O)[O-])cc1)[C@@]1(n2ccc(=O)[nH]2)C(=O)Nc2ccccc21)c1ccccc1. The van der Waals surface area contributed by atoms with Gasteiger partial charge in [0.15, 0.2) is 11.3 Å². The second-order valence-corrected chi connectivity index (χ2v) is 8.32. The summed E-state index contributed by atoms with van der Waals surface area (Å²) in [6.45, 7) is 0. The van der Waals surface area contributed by atoms with Crippen molar-refractivity contribution in [1.29, 1.82) is 0 Å². The number of benzene rings is 3. The third-order valence-corrected chi connectivity index (χ3v) is 6.41. The molecule has 0 fully saturated rings. The molecule has 1 aliphatic heterocycles. The summed E-state index contributed by atoms with van der Waals surface area (Å²) in [5, 5.41) is 16.8. The molecular weight excluding hydrogens is 448 g/mol. The zero-order valence-corrected chi connectivity index (χ0v) is 18.4. The number of aromatic amines is 1. The van der Waals surface area contributed by atoms with Gasteiger partial charge in [0.05, 0.1) is 4.92 Å². The van der Waals surface area contributed by atoms with Gasteiger partial charge in [0.25, 0.3) is 17.2 Å². The summed E-state index contributed by atoms with van der Waals surface area (Å²) in [5.74, 6) is -1.43. The molecule has 9 heteroatoms. The average Bonchev–Trinajstić information content (AvgIpc) is 3.43. The topological polar surface area (TPSA) is 127 Å². The molecule has 1 aromatic heterocycles. The van der Waals surface area contributed by atoms with Gasteiger partial charge < -0.3 is 5.32 Å². The molecule has 35 heavy (non-hydrogen) atoms. The largest absolute Gasteiger partial charge is 0.323 e. The zero-order chi connectivity index (χ0) is 24.6. The summed E-state index contributed by atoms with van der Waals surface area (Å²) in [6.07, 6.45) is 1.39. The molecule has 2 heterocycles. The predicted molar refractivity (Wildman–Crippen MR) is 128 cm³/mol. The molecule has 9 nitrogen and oxygen atoms in total.